The van der Waals surface area contributed by atoms with Crippen molar-refractivity contribution in [2.45, 2.75) is 70.6 Å². The summed E-state index contributed by atoms with van der Waals surface area (Å²) in [6, 6.07) is 12.1. The fraction of sp³-hybridized carbons (Fsp3) is 0.607. The molecule has 35 heavy (non-hydrogen) atoms. The number of benzene rings is 2. The molecule has 2 aromatic carbocycles. The lowest BCUT2D eigenvalue weighted by Gasteiger charge is -2.39. The fourth-order valence-electron chi connectivity index (χ4n) is 6.75. The molecule has 1 aliphatic heterocycles. The van der Waals surface area contributed by atoms with Crippen molar-refractivity contribution in [1.29, 1.82) is 0 Å². The molecule has 1 heterocycles. The highest BCUT2D eigenvalue weighted by atomic mass is 32.3. The first kappa shape index (κ1) is 25.1. The van der Waals surface area contributed by atoms with Crippen LogP contribution in [0.4, 0.5) is 0 Å². The Balaban J connectivity index is 1.50. The van der Waals surface area contributed by atoms with E-state index in [1.165, 1.54) is 0 Å². The summed E-state index contributed by atoms with van der Waals surface area (Å²) in [5.41, 5.74) is -1.11. The highest BCUT2D eigenvalue weighted by Gasteiger charge is 2.65. The van der Waals surface area contributed by atoms with Gasteiger partial charge in [0.15, 0.2) is 0 Å². The monoisotopic (exact) mass is 518 g/mol. The van der Waals surface area contributed by atoms with Gasteiger partial charge in [0, 0.05) is 28.2 Å². The summed E-state index contributed by atoms with van der Waals surface area (Å²) >= 11 is 0. The molecule has 0 N–H and O–H groups in total. The van der Waals surface area contributed by atoms with Crippen LogP contribution in [0.5, 0.6) is 5.75 Å². The quantitative estimate of drug-likeness (QED) is 0.348. The minimum Gasteiger partial charge on any atom is -0.493 e. The standard InChI is InChI=1S/C28H38O5S2/c1-4-5-16-32-24-12-13-25(23-11-7-6-10-22(23)24)34(17-8-9-18-34)33-35(30,31)20-28-15-14-21(19-26(28)29)27(28,2)3/h6-7,10-13,21H,4-5,8-9,14-20H2,1-3H3. The van der Waals surface area contributed by atoms with Gasteiger partial charge in [-0.3, -0.25) is 4.79 Å². The zero-order chi connectivity index (χ0) is 24.9. The third-order valence-corrected chi connectivity index (χ3v) is 14.8. The van der Waals surface area contributed by atoms with Gasteiger partial charge in [-0.05, 0) is 61.0 Å². The number of fused-ring (bicyclic) bond motifs is 3. The van der Waals surface area contributed by atoms with Crippen LogP contribution in [0, 0.1) is 16.7 Å². The number of hydrogen-bond donors (Lipinski definition) is 0. The Labute approximate surface area is 211 Å². The SMILES string of the molecule is CCCCOc1ccc(S2(OS(=O)(=O)CC34CCC(CC3=O)C4(C)C)CCCC2)c2ccccc12. The number of carbonyl (C=O) groups excluding carboxylic acids is 1. The lowest BCUT2D eigenvalue weighted by molar-refractivity contribution is -0.128. The summed E-state index contributed by atoms with van der Waals surface area (Å²) in [5.74, 6) is 2.51. The zero-order valence-electron chi connectivity index (χ0n) is 21.2. The Morgan fingerprint density at radius 1 is 1.06 bits per heavy atom. The largest absolute Gasteiger partial charge is 0.493 e. The Morgan fingerprint density at radius 2 is 1.77 bits per heavy atom. The van der Waals surface area contributed by atoms with Crippen LogP contribution in [0.15, 0.2) is 41.3 Å². The lowest BCUT2D eigenvalue weighted by atomic mass is 9.70. The predicted molar refractivity (Wildman–Crippen MR) is 143 cm³/mol. The molecule has 192 valence electrons. The Hall–Kier alpha value is -1.57. The van der Waals surface area contributed by atoms with Crippen LogP contribution in [-0.4, -0.2) is 38.1 Å². The average Bonchev–Trinajstić information content (AvgIpc) is 3.42. The van der Waals surface area contributed by atoms with Gasteiger partial charge in [0.25, 0.3) is 10.1 Å². The number of carbonyl (C=O) groups is 1. The number of Topliss-reactive ketones (excluding diaryl/α,β-unsaturated/α-hetero) is 1. The molecule has 0 radical (unpaired) electrons. The Morgan fingerprint density at radius 3 is 2.40 bits per heavy atom. The average molecular weight is 519 g/mol. The molecule has 3 aliphatic rings. The summed E-state index contributed by atoms with van der Waals surface area (Å²) < 4.78 is 39.9. The van der Waals surface area contributed by atoms with Crippen LogP contribution in [0.2, 0.25) is 0 Å². The van der Waals surface area contributed by atoms with Crippen LogP contribution in [-0.2, 0) is 18.5 Å². The lowest BCUT2D eigenvalue weighted by Crippen LogP contribution is -2.42. The second-order valence-corrected chi connectivity index (χ2v) is 16.0. The maximum Gasteiger partial charge on any atom is 0.277 e. The summed E-state index contributed by atoms with van der Waals surface area (Å²) in [6.45, 7) is 6.96. The number of ether oxygens (including phenoxy) is 1. The fourth-order valence-corrected chi connectivity index (χ4v) is 13.5. The Kier molecular flexibility index (Phi) is 6.50. The van der Waals surface area contributed by atoms with Crippen molar-refractivity contribution in [3.63, 3.8) is 0 Å². The van der Waals surface area contributed by atoms with Crippen molar-refractivity contribution in [2.24, 2.45) is 16.7 Å². The second kappa shape index (κ2) is 9.07. The molecule has 0 aromatic heterocycles. The summed E-state index contributed by atoms with van der Waals surface area (Å²) in [5, 5.41) is 2.02. The first-order valence-electron chi connectivity index (χ1n) is 13.0. The van der Waals surface area contributed by atoms with Crippen LogP contribution in [0.1, 0.15) is 65.7 Å². The van der Waals surface area contributed by atoms with Crippen molar-refractivity contribution in [3.8, 4) is 5.75 Å². The normalized spacial score (nSPS) is 28.0. The minimum absolute atomic E-state index is 0.112. The molecule has 2 unspecified atom stereocenters. The first-order valence-corrected chi connectivity index (χ1v) is 16.5. The van der Waals surface area contributed by atoms with Crippen LogP contribution in [0.25, 0.3) is 10.8 Å². The van der Waals surface area contributed by atoms with E-state index in [0.717, 1.165) is 65.0 Å². The van der Waals surface area contributed by atoms with Crippen molar-refractivity contribution in [3.05, 3.63) is 36.4 Å². The molecule has 2 atom stereocenters. The van der Waals surface area contributed by atoms with Crippen LogP contribution >= 0.6 is 10.3 Å². The van der Waals surface area contributed by atoms with Gasteiger partial charge in [0.1, 0.15) is 11.5 Å². The molecule has 2 saturated carbocycles. The predicted octanol–water partition coefficient (Wildman–Crippen LogP) is 6.63. The summed E-state index contributed by atoms with van der Waals surface area (Å²) in [6.07, 6.45) is 6.04. The Bertz CT molecular complexity index is 1230. The topological polar surface area (TPSA) is 69.7 Å². The summed E-state index contributed by atoms with van der Waals surface area (Å²) in [7, 11) is -5.95. The van der Waals surface area contributed by atoms with Gasteiger partial charge >= 0.3 is 0 Å². The van der Waals surface area contributed by atoms with E-state index in [1.54, 1.807) is 0 Å². The van der Waals surface area contributed by atoms with Gasteiger partial charge in [0.05, 0.1) is 17.8 Å². The van der Waals surface area contributed by atoms with Crippen molar-refractivity contribution in [2.75, 3.05) is 23.9 Å². The van der Waals surface area contributed by atoms with Gasteiger partial charge in [-0.2, -0.15) is 8.42 Å². The van der Waals surface area contributed by atoms with E-state index in [1.807, 2.05) is 30.3 Å². The number of hydrogen-bond acceptors (Lipinski definition) is 5. The molecule has 2 aromatic rings. The second-order valence-electron chi connectivity index (χ2n) is 11.2. The van der Waals surface area contributed by atoms with E-state index in [0.29, 0.717) is 19.4 Å². The van der Waals surface area contributed by atoms with E-state index in [2.05, 4.69) is 26.8 Å². The van der Waals surface area contributed by atoms with Gasteiger partial charge < -0.3 is 4.74 Å². The van der Waals surface area contributed by atoms with Gasteiger partial charge in [-0.25, -0.2) is 3.63 Å². The highest BCUT2D eigenvalue weighted by molar-refractivity contribution is 8.33. The third kappa shape index (κ3) is 4.11. The van der Waals surface area contributed by atoms with E-state index in [9.17, 15) is 13.2 Å². The van der Waals surface area contributed by atoms with Crippen LogP contribution in [0.3, 0.4) is 0 Å². The molecule has 1 saturated heterocycles. The first-order chi connectivity index (χ1) is 16.6. The maximum atomic E-state index is 13.7. The zero-order valence-corrected chi connectivity index (χ0v) is 22.8. The molecule has 0 amide bonds. The molecule has 7 heteroatoms. The van der Waals surface area contributed by atoms with Crippen LogP contribution < -0.4 is 4.74 Å². The van der Waals surface area contributed by atoms with E-state index >= 15 is 0 Å². The van der Waals surface area contributed by atoms with Gasteiger partial charge in [-0.1, -0.05) is 61.8 Å². The highest BCUT2D eigenvalue weighted by Crippen LogP contribution is 2.67. The molecule has 5 nitrogen and oxygen atoms in total. The van der Waals surface area contributed by atoms with Gasteiger partial charge in [0.2, 0.25) is 0 Å². The van der Waals surface area contributed by atoms with Crippen molar-refractivity contribution >= 4 is 37.0 Å². The molecular weight excluding hydrogens is 480 g/mol. The number of ketones is 1. The van der Waals surface area contributed by atoms with Crippen molar-refractivity contribution in [1.82, 2.24) is 0 Å². The molecule has 5 rings (SSSR count). The maximum absolute atomic E-state index is 13.7. The van der Waals surface area contributed by atoms with Gasteiger partial charge in [-0.15, -0.1) is 0 Å². The minimum atomic E-state index is -3.91. The summed E-state index contributed by atoms with van der Waals surface area (Å²) in [4.78, 5) is 14.0. The molecule has 0 spiro atoms. The van der Waals surface area contributed by atoms with Crippen molar-refractivity contribution < 1.29 is 21.6 Å². The third-order valence-electron chi connectivity index (χ3n) is 8.99. The molecule has 3 fully saturated rings. The molecule has 2 aliphatic carbocycles. The number of rotatable bonds is 9. The smallest absolute Gasteiger partial charge is 0.277 e. The van der Waals surface area contributed by atoms with E-state index in [-0.39, 0.29) is 22.9 Å². The molecular formula is C28H38O5S2. The number of unbranched alkanes of at least 4 members (excludes halogenated alkanes) is 1. The van der Waals surface area contributed by atoms with E-state index in [4.69, 9.17) is 8.37 Å². The van der Waals surface area contributed by atoms with E-state index < -0.39 is 25.8 Å². The molecule has 2 bridgehead atoms.